The molecule has 0 bridgehead atoms. The summed E-state index contributed by atoms with van der Waals surface area (Å²) in [4.78, 5) is 28.2. The fraction of sp³-hybridized carbons (Fsp3) is 0.0909. The molecule has 28 heavy (non-hydrogen) atoms. The largest absolute Gasteiger partial charge is 0.496 e. The highest BCUT2D eigenvalue weighted by molar-refractivity contribution is 5.56. The van der Waals surface area contributed by atoms with Gasteiger partial charge in [-0.15, -0.1) is 6.58 Å². The fourth-order valence-electron chi connectivity index (χ4n) is 2.85. The monoisotopic (exact) mass is 378 g/mol. The maximum atomic E-state index is 13.9. The van der Waals surface area contributed by atoms with Crippen LogP contribution < -0.4 is 26.6 Å². The Morgan fingerprint density at radius 2 is 1.75 bits per heavy atom. The minimum atomic E-state index is -0.484. The van der Waals surface area contributed by atoms with Gasteiger partial charge in [0.25, 0.3) is 11.1 Å². The molecule has 5 nitrogen and oxygen atoms in total. The number of methoxy groups -OCH3 is 1. The molecule has 2 aromatic carbocycles. The van der Waals surface area contributed by atoms with Gasteiger partial charge in [-0.05, 0) is 24.3 Å². The van der Waals surface area contributed by atoms with E-state index >= 15 is 0 Å². The molecule has 0 spiro atoms. The molecule has 0 aliphatic carbocycles. The lowest BCUT2D eigenvalue weighted by Gasteiger charge is -2.06. The number of H-pyrrole nitrogens is 1. The highest BCUT2D eigenvalue weighted by Crippen LogP contribution is 2.17. The second-order valence-corrected chi connectivity index (χ2v) is 6.01. The Labute approximate surface area is 160 Å². The second-order valence-electron chi connectivity index (χ2n) is 6.01. The minimum Gasteiger partial charge on any atom is -0.496 e. The van der Waals surface area contributed by atoms with Crippen LogP contribution in [0.15, 0.2) is 70.8 Å². The number of halogens is 1. The number of aromatic amines is 1. The number of allylic oxidation sites excluding steroid dienone is 1. The number of nitrogens with zero attached hydrogens (tertiary/aromatic N) is 1. The van der Waals surface area contributed by atoms with Gasteiger partial charge in [-0.2, -0.15) is 0 Å². The van der Waals surface area contributed by atoms with Crippen LogP contribution in [-0.2, 0) is 6.54 Å². The van der Waals surface area contributed by atoms with E-state index in [9.17, 15) is 14.0 Å². The summed E-state index contributed by atoms with van der Waals surface area (Å²) in [5.41, 5.74) is -0.0701. The van der Waals surface area contributed by atoms with Crippen molar-refractivity contribution in [2.45, 2.75) is 6.54 Å². The lowest BCUT2D eigenvalue weighted by atomic mass is 10.2. The third-order valence-electron chi connectivity index (χ3n) is 4.20. The number of hydrogen-bond donors (Lipinski definition) is 1. The summed E-state index contributed by atoms with van der Waals surface area (Å²) in [6.07, 6.45) is 4.42. The van der Waals surface area contributed by atoms with Crippen molar-refractivity contribution >= 4 is 12.2 Å². The van der Waals surface area contributed by atoms with Gasteiger partial charge in [0.05, 0.1) is 7.11 Å². The predicted molar refractivity (Wildman–Crippen MR) is 107 cm³/mol. The average Bonchev–Trinajstić information content (AvgIpc) is 2.70. The molecule has 0 saturated heterocycles. The van der Waals surface area contributed by atoms with Gasteiger partial charge in [0.1, 0.15) is 22.3 Å². The number of nitrogens with one attached hydrogen (secondary N) is 1. The van der Waals surface area contributed by atoms with Crippen LogP contribution in [0.1, 0.15) is 11.1 Å². The van der Waals surface area contributed by atoms with Gasteiger partial charge < -0.3 is 9.72 Å². The quantitative estimate of drug-likeness (QED) is 0.685. The third kappa shape index (κ3) is 3.86. The van der Waals surface area contributed by atoms with E-state index in [0.29, 0.717) is 11.3 Å². The number of aromatic nitrogens is 2. The normalized spacial score (nSPS) is 12.2. The summed E-state index contributed by atoms with van der Waals surface area (Å²) in [7, 11) is 1.53. The molecule has 0 radical (unpaired) electrons. The molecule has 0 aliphatic heterocycles. The van der Waals surface area contributed by atoms with Crippen LogP contribution in [0.5, 0.6) is 5.75 Å². The molecule has 0 amide bonds. The maximum Gasteiger partial charge on any atom is 0.275 e. The second kappa shape index (κ2) is 8.35. The molecule has 3 rings (SSSR count). The summed E-state index contributed by atoms with van der Waals surface area (Å²) in [5, 5.41) is 0.147. The molecule has 142 valence electrons. The Balaban J connectivity index is 2.33. The SMILES string of the molecule is C=CCn1c(=O)/c(=C\c2ccccc2F)[nH]c(=O)/c1=C\c1ccccc1OC. The molecule has 0 saturated carbocycles. The first-order chi connectivity index (χ1) is 13.5. The fourth-order valence-corrected chi connectivity index (χ4v) is 2.85. The molecule has 6 heteroatoms. The summed E-state index contributed by atoms with van der Waals surface area (Å²) in [6, 6.07) is 13.2. The zero-order chi connectivity index (χ0) is 20.1. The molecule has 3 aromatic rings. The van der Waals surface area contributed by atoms with Crippen molar-refractivity contribution in [3.8, 4) is 5.75 Å². The first kappa shape index (κ1) is 19.1. The van der Waals surface area contributed by atoms with Crippen LogP contribution in [0.4, 0.5) is 4.39 Å². The lowest BCUT2D eigenvalue weighted by molar-refractivity contribution is 0.414. The van der Waals surface area contributed by atoms with Crippen molar-refractivity contribution in [2.75, 3.05) is 7.11 Å². The van der Waals surface area contributed by atoms with Crippen molar-refractivity contribution < 1.29 is 9.13 Å². The molecule has 1 aromatic heterocycles. The molecular formula is C22H19FN2O3. The van der Waals surface area contributed by atoms with E-state index in [2.05, 4.69) is 11.6 Å². The molecular weight excluding hydrogens is 359 g/mol. The first-order valence-electron chi connectivity index (χ1n) is 8.60. The number of benzene rings is 2. The van der Waals surface area contributed by atoms with Crippen LogP contribution >= 0.6 is 0 Å². The van der Waals surface area contributed by atoms with E-state index in [1.165, 1.54) is 36.0 Å². The zero-order valence-corrected chi connectivity index (χ0v) is 15.3. The Hall–Kier alpha value is -3.67. The topological polar surface area (TPSA) is 64.1 Å². The third-order valence-corrected chi connectivity index (χ3v) is 4.20. The molecule has 0 unspecified atom stereocenters. The molecule has 0 aliphatic rings. The van der Waals surface area contributed by atoms with Gasteiger partial charge in [0, 0.05) is 17.7 Å². The van der Waals surface area contributed by atoms with E-state index in [-0.39, 0.29) is 22.8 Å². The van der Waals surface area contributed by atoms with Crippen molar-refractivity contribution in [3.05, 3.63) is 110 Å². The summed E-state index contributed by atoms with van der Waals surface area (Å²) >= 11 is 0. The van der Waals surface area contributed by atoms with E-state index in [0.717, 1.165) is 0 Å². The zero-order valence-electron chi connectivity index (χ0n) is 15.3. The summed E-state index contributed by atoms with van der Waals surface area (Å²) in [5.74, 6) is 0.0872. The van der Waals surface area contributed by atoms with Gasteiger partial charge in [0.15, 0.2) is 0 Å². The van der Waals surface area contributed by atoms with Crippen LogP contribution in [0, 0.1) is 5.82 Å². The highest BCUT2D eigenvalue weighted by atomic mass is 19.1. The Morgan fingerprint density at radius 1 is 1.07 bits per heavy atom. The predicted octanol–water partition coefficient (Wildman–Crippen LogP) is 1.53. The Bertz CT molecular complexity index is 1260. The van der Waals surface area contributed by atoms with Crippen molar-refractivity contribution in [2.24, 2.45) is 0 Å². The number of ether oxygens (including phenoxy) is 1. The van der Waals surface area contributed by atoms with Crippen molar-refractivity contribution in [1.82, 2.24) is 9.55 Å². The van der Waals surface area contributed by atoms with E-state index in [1.807, 2.05) is 6.07 Å². The van der Waals surface area contributed by atoms with Crippen molar-refractivity contribution in [1.29, 1.82) is 0 Å². The first-order valence-corrected chi connectivity index (χ1v) is 8.60. The smallest absolute Gasteiger partial charge is 0.275 e. The number of rotatable bonds is 5. The standard InChI is InChI=1S/C22H19FN2O3/c1-3-12-25-19(14-16-9-5-7-11-20(16)28-2)21(26)24-18(22(25)27)13-15-8-4-6-10-17(15)23/h3-11,13-14H,1,12H2,2H3,(H,24,26)/b18-13+,19-14+. The van der Waals surface area contributed by atoms with E-state index in [1.54, 1.807) is 36.4 Å². The summed E-state index contributed by atoms with van der Waals surface area (Å²) < 4.78 is 20.5. The van der Waals surface area contributed by atoms with Gasteiger partial charge in [-0.1, -0.05) is 42.5 Å². The van der Waals surface area contributed by atoms with Crippen LogP contribution in [0.25, 0.3) is 12.2 Å². The van der Waals surface area contributed by atoms with Gasteiger partial charge in [-0.3, -0.25) is 14.2 Å². The van der Waals surface area contributed by atoms with Gasteiger partial charge >= 0.3 is 0 Å². The molecule has 0 fully saturated rings. The Morgan fingerprint density at radius 3 is 2.43 bits per heavy atom. The van der Waals surface area contributed by atoms with Gasteiger partial charge in [0.2, 0.25) is 0 Å². The summed E-state index contributed by atoms with van der Waals surface area (Å²) in [6.45, 7) is 3.78. The van der Waals surface area contributed by atoms with Crippen molar-refractivity contribution in [3.63, 3.8) is 0 Å². The maximum absolute atomic E-state index is 13.9. The molecule has 1 N–H and O–H groups in total. The molecule has 1 heterocycles. The highest BCUT2D eigenvalue weighted by Gasteiger charge is 2.07. The Kier molecular flexibility index (Phi) is 5.69. The average molecular weight is 378 g/mol. The minimum absolute atomic E-state index is 0.00544. The number of hydrogen-bond acceptors (Lipinski definition) is 3. The van der Waals surface area contributed by atoms with Crippen LogP contribution in [-0.4, -0.2) is 16.7 Å². The van der Waals surface area contributed by atoms with Gasteiger partial charge in [-0.25, -0.2) is 4.39 Å². The number of para-hydroxylation sites is 1. The molecule has 0 atom stereocenters. The van der Waals surface area contributed by atoms with E-state index < -0.39 is 16.9 Å². The van der Waals surface area contributed by atoms with Crippen LogP contribution in [0.3, 0.4) is 0 Å². The van der Waals surface area contributed by atoms with Crippen LogP contribution in [0.2, 0.25) is 0 Å². The van der Waals surface area contributed by atoms with E-state index in [4.69, 9.17) is 4.74 Å². The lowest BCUT2D eigenvalue weighted by Crippen LogP contribution is -2.53.